The molecule has 0 radical (unpaired) electrons. The molecule has 0 atom stereocenters. The van der Waals surface area contributed by atoms with Crippen LogP contribution in [0.1, 0.15) is 18.4 Å². The molecule has 120 valence electrons. The Labute approximate surface area is 163 Å². The van der Waals surface area contributed by atoms with Crippen LogP contribution in [-0.4, -0.2) is 11.5 Å². The zero-order chi connectivity index (χ0) is 16.4. The van der Waals surface area contributed by atoms with Gasteiger partial charge in [0.1, 0.15) is 0 Å². The van der Waals surface area contributed by atoms with E-state index in [1.54, 1.807) is 0 Å². The number of nitrogens with two attached hydrogens (primary N) is 1. The summed E-state index contributed by atoms with van der Waals surface area (Å²) in [6.07, 6.45) is 3.09. The SMILES string of the molecule is NCCCCc1c(-c2ccc(I)cc2)[nH]c2c(Cl)cc(Br)cc12. The molecule has 1 heterocycles. The average molecular weight is 504 g/mol. The van der Waals surface area contributed by atoms with Crippen LogP contribution in [-0.2, 0) is 6.42 Å². The fourth-order valence-electron chi connectivity index (χ4n) is 2.84. The lowest BCUT2D eigenvalue weighted by Crippen LogP contribution is -1.99. The highest BCUT2D eigenvalue weighted by Crippen LogP contribution is 2.36. The number of halogens is 3. The van der Waals surface area contributed by atoms with E-state index in [-0.39, 0.29) is 0 Å². The number of rotatable bonds is 5. The second-order valence-electron chi connectivity index (χ2n) is 5.54. The molecule has 0 aliphatic heterocycles. The summed E-state index contributed by atoms with van der Waals surface area (Å²) in [5.74, 6) is 0. The molecule has 5 heteroatoms. The van der Waals surface area contributed by atoms with E-state index in [2.05, 4.69) is 73.8 Å². The average Bonchev–Trinajstić information content (AvgIpc) is 2.87. The Bertz CT molecular complexity index is 827. The van der Waals surface area contributed by atoms with Gasteiger partial charge in [0.2, 0.25) is 0 Å². The van der Waals surface area contributed by atoms with Crippen LogP contribution >= 0.6 is 50.1 Å². The highest BCUT2D eigenvalue weighted by Gasteiger charge is 2.15. The molecular formula is C18H17BrClIN2. The van der Waals surface area contributed by atoms with Gasteiger partial charge in [-0.2, -0.15) is 0 Å². The van der Waals surface area contributed by atoms with Gasteiger partial charge < -0.3 is 10.7 Å². The van der Waals surface area contributed by atoms with Gasteiger partial charge in [0.15, 0.2) is 0 Å². The molecule has 0 aliphatic carbocycles. The van der Waals surface area contributed by atoms with Crippen molar-refractivity contribution in [3.05, 3.63) is 55.0 Å². The van der Waals surface area contributed by atoms with E-state index in [4.69, 9.17) is 17.3 Å². The van der Waals surface area contributed by atoms with E-state index in [1.807, 2.05) is 6.07 Å². The number of aromatic amines is 1. The lowest BCUT2D eigenvalue weighted by molar-refractivity contribution is 0.748. The van der Waals surface area contributed by atoms with E-state index in [9.17, 15) is 0 Å². The summed E-state index contributed by atoms with van der Waals surface area (Å²) in [5.41, 5.74) is 10.3. The Morgan fingerprint density at radius 2 is 1.87 bits per heavy atom. The molecule has 0 saturated heterocycles. The predicted octanol–water partition coefficient (Wildman–Crippen LogP) is 6.14. The third kappa shape index (κ3) is 3.76. The largest absolute Gasteiger partial charge is 0.353 e. The molecule has 2 nitrogen and oxygen atoms in total. The van der Waals surface area contributed by atoms with Crippen LogP contribution in [0.5, 0.6) is 0 Å². The van der Waals surface area contributed by atoms with Gasteiger partial charge in [-0.05, 0) is 83.8 Å². The minimum absolute atomic E-state index is 0.728. The summed E-state index contributed by atoms with van der Waals surface area (Å²) in [7, 11) is 0. The minimum Gasteiger partial charge on any atom is -0.353 e. The molecule has 0 saturated carbocycles. The maximum absolute atomic E-state index is 6.44. The number of H-pyrrole nitrogens is 1. The van der Waals surface area contributed by atoms with Crippen molar-refractivity contribution >= 4 is 61.0 Å². The quantitative estimate of drug-likeness (QED) is 0.319. The fraction of sp³-hybridized carbons (Fsp3) is 0.222. The molecule has 0 unspecified atom stereocenters. The van der Waals surface area contributed by atoms with Crippen molar-refractivity contribution in [1.29, 1.82) is 0 Å². The van der Waals surface area contributed by atoms with Crippen LogP contribution in [0, 0.1) is 3.57 Å². The second kappa shape index (κ2) is 7.55. The lowest BCUT2D eigenvalue weighted by atomic mass is 10.0. The number of aryl methyl sites for hydroxylation is 1. The van der Waals surface area contributed by atoms with Crippen molar-refractivity contribution in [3.63, 3.8) is 0 Å². The number of hydrogen-bond acceptors (Lipinski definition) is 1. The normalized spacial score (nSPS) is 11.3. The molecule has 3 rings (SSSR count). The van der Waals surface area contributed by atoms with Crippen molar-refractivity contribution in [3.8, 4) is 11.3 Å². The Balaban J connectivity index is 2.16. The molecule has 0 amide bonds. The van der Waals surface area contributed by atoms with E-state index in [1.165, 1.54) is 20.1 Å². The highest BCUT2D eigenvalue weighted by atomic mass is 127. The smallest absolute Gasteiger partial charge is 0.0658 e. The van der Waals surface area contributed by atoms with Crippen molar-refractivity contribution < 1.29 is 0 Å². The van der Waals surface area contributed by atoms with E-state index < -0.39 is 0 Å². The summed E-state index contributed by atoms with van der Waals surface area (Å²) >= 11 is 12.3. The predicted molar refractivity (Wildman–Crippen MR) is 111 cm³/mol. The van der Waals surface area contributed by atoms with Crippen LogP contribution in [0.4, 0.5) is 0 Å². The van der Waals surface area contributed by atoms with Gasteiger partial charge in [-0.25, -0.2) is 0 Å². The lowest BCUT2D eigenvalue weighted by Gasteiger charge is -2.06. The van der Waals surface area contributed by atoms with Gasteiger partial charge in [-0.1, -0.05) is 39.7 Å². The summed E-state index contributed by atoms with van der Waals surface area (Å²) in [6.45, 7) is 0.728. The first-order valence-electron chi connectivity index (χ1n) is 7.55. The molecule has 0 aliphatic rings. The summed E-state index contributed by atoms with van der Waals surface area (Å²) in [6, 6.07) is 12.6. The molecule has 2 aromatic carbocycles. The molecule has 0 fully saturated rings. The maximum atomic E-state index is 6.44. The van der Waals surface area contributed by atoms with Crippen LogP contribution in [0.3, 0.4) is 0 Å². The molecule has 23 heavy (non-hydrogen) atoms. The van der Waals surface area contributed by atoms with Gasteiger partial charge in [0, 0.05) is 19.1 Å². The van der Waals surface area contributed by atoms with Crippen molar-refractivity contribution in [2.75, 3.05) is 6.54 Å². The maximum Gasteiger partial charge on any atom is 0.0658 e. The molecule has 1 aromatic heterocycles. The monoisotopic (exact) mass is 502 g/mol. The number of aromatic nitrogens is 1. The fourth-order valence-corrected chi connectivity index (χ4v) is 4.06. The first-order valence-corrected chi connectivity index (χ1v) is 9.80. The molecular weight excluding hydrogens is 486 g/mol. The standard InChI is InChI=1S/C18H17BrClIN2/c19-12-9-15-14(3-1-2-8-22)17(23-18(15)16(20)10-12)11-4-6-13(21)7-5-11/h4-7,9-10,23H,1-3,8,22H2. The van der Waals surface area contributed by atoms with Gasteiger partial charge in [0.05, 0.1) is 10.5 Å². The Hall–Kier alpha value is -0.560. The first kappa shape index (κ1) is 17.3. The van der Waals surface area contributed by atoms with Gasteiger partial charge >= 0.3 is 0 Å². The third-order valence-electron chi connectivity index (χ3n) is 3.95. The third-order valence-corrected chi connectivity index (χ3v) is 5.42. The van der Waals surface area contributed by atoms with Crippen molar-refractivity contribution in [2.24, 2.45) is 5.73 Å². The summed E-state index contributed by atoms with van der Waals surface area (Å²) in [4.78, 5) is 3.54. The number of nitrogens with one attached hydrogen (secondary N) is 1. The number of fused-ring (bicyclic) bond motifs is 1. The van der Waals surface area contributed by atoms with Crippen LogP contribution in [0.2, 0.25) is 5.02 Å². The zero-order valence-electron chi connectivity index (χ0n) is 12.5. The number of benzene rings is 2. The highest BCUT2D eigenvalue weighted by molar-refractivity contribution is 14.1. The minimum atomic E-state index is 0.728. The zero-order valence-corrected chi connectivity index (χ0v) is 17.0. The summed E-state index contributed by atoms with van der Waals surface area (Å²) in [5, 5.41) is 1.93. The number of hydrogen-bond donors (Lipinski definition) is 2. The van der Waals surface area contributed by atoms with Gasteiger partial charge in [0.25, 0.3) is 0 Å². The summed E-state index contributed by atoms with van der Waals surface area (Å²) < 4.78 is 2.23. The Morgan fingerprint density at radius 1 is 1.13 bits per heavy atom. The molecule has 0 spiro atoms. The van der Waals surface area contributed by atoms with Crippen molar-refractivity contribution in [1.82, 2.24) is 4.98 Å². The van der Waals surface area contributed by atoms with Gasteiger partial charge in [-0.15, -0.1) is 0 Å². The van der Waals surface area contributed by atoms with E-state index in [0.29, 0.717) is 0 Å². The van der Waals surface area contributed by atoms with E-state index >= 15 is 0 Å². The molecule has 3 N–H and O–H groups in total. The Morgan fingerprint density at radius 3 is 2.57 bits per heavy atom. The van der Waals surface area contributed by atoms with E-state index in [0.717, 1.165) is 46.5 Å². The van der Waals surface area contributed by atoms with Crippen LogP contribution < -0.4 is 5.73 Å². The second-order valence-corrected chi connectivity index (χ2v) is 8.11. The molecule has 0 bridgehead atoms. The molecule has 3 aromatic rings. The van der Waals surface area contributed by atoms with Crippen molar-refractivity contribution in [2.45, 2.75) is 19.3 Å². The Kier molecular flexibility index (Phi) is 5.67. The van der Waals surface area contributed by atoms with Crippen LogP contribution in [0.25, 0.3) is 22.2 Å². The number of unbranched alkanes of at least 4 members (excludes halogenated alkanes) is 1. The van der Waals surface area contributed by atoms with Gasteiger partial charge in [-0.3, -0.25) is 0 Å². The first-order chi connectivity index (χ1) is 11.1. The van der Waals surface area contributed by atoms with Crippen LogP contribution in [0.15, 0.2) is 40.9 Å². The topological polar surface area (TPSA) is 41.8 Å².